The summed E-state index contributed by atoms with van der Waals surface area (Å²) in [5.41, 5.74) is 4.28. The Balaban J connectivity index is 1.30. The smallest absolute Gasteiger partial charge is 0.257 e. The van der Waals surface area contributed by atoms with Gasteiger partial charge in [0.15, 0.2) is 9.84 Å². The van der Waals surface area contributed by atoms with Crippen LogP contribution in [-0.2, 0) is 9.84 Å². The van der Waals surface area contributed by atoms with Crippen LogP contribution in [-0.4, -0.2) is 153 Å². The number of hydrogen-bond donors (Lipinski definition) is 2. The molecule has 19 heteroatoms. The van der Waals surface area contributed by atoms with Crippen LogP contribution in [0.2, 0.25) is 0 Å². The first-order chi connectivity index (χ1) is 39.2. The standard InChI is InChI=1S/C62H72N6O12S/c1-65-27-31-67(32-28-65)51-17-13-11-15-45(51)61(69)63-49-35-41(19-23-53(49)75-5)59(25-21-47-55(77-7)37-43(73-3)38-56(47)78-8)81(71,72)60(26-22-48-57(79-9)39-44(74-4)40-58(48)80-10)42-20-24-54(76-6)50(36-42)64-62(70)46-16-12-14-18-52(46)68-33-29-66(2)30-34-68/h11-26,35-40,59-60H,27-34H2,1-10H3,(H,63,69)(H,64,70)/b25-21+,26-22+. The predicted octanol–water partition coefficient (Wildman–Crippen LogP) is 9.39. The zero-order valence-electron chi connectivity index (χ0n) is 47.6. The summed E-state index contributed by atoms with van der Waals surface area (Å²) < 4.78 is 79.1. The van der Waals surface area contributed by atoms with E-state index in [1.165, 1.54) is 56.9 Å². The van der Waals surface area contributed by atoms with Crippen molar-refractivity contribution in [3.05, 3.63) is 155 Å². The number of piperazine rings is 2. The van der Waals surface area contributed by atoms with Crippen molar-refractivity contribution in [2.45, 2.75) is 10.5 Å². The molecule has 428 valence electrons. The average Bonchev–Trinajstić information content (AvgIpc) is 3.50. The second-order valence-corrected chi connectivity index (χ2v) is 21.7. The van der Waals surface area contributed by atoms with Crippen molar-refractivity contribution < 1.29 is 55.9 Å². The molecule has 6 aromatic rings. The summed E-state index contributed by atoms with van der Waals surface area (Å²) >= 11 is 0. The predicted molar refractivity (Wildman–Crippen MR) is 319 cm³/mol. The molecule has 0 aliphatic carbocycles. The fourth-order valence-electron chi connectivity index (χ4n) is 10.1. The molecule has 0 bridgehead atoms. The minimum atomic E-state index is -4.61. The van der Waals surface area contributed by atoms with Gasteiger partial charge in [0.1, 0.15) is 56.5 Å². The van der Waals surface area contributed by atoms with Crippen molar-refractivity contribution in [2.75, 3.05) is 144 Å². The number of para-hydroxylation sites is 2. The quantitative estimate of drug-likeness (QED) is 0.0656. The summed E-state index contributed by atoms with van der Waals surface area (Å²) in [6.07, 6.45) is 6.36. The Morgan fingerprint density at radius 1 is 0.444 bits per heavy atom. The lowest BCUT2D eigenvalue weighted by atomic mass is 10.1. The van der Waals surface area contributed by atoms with Gasteiger partial charge in [-0.15, -0.1) is 0 Å². The van der Waals surface area contributed by atoms with Crippen molar-refractivity contribution in [1.82, 2.24) is 9.80 Å². The van der Waals surface area contributed by atoms with E-state index in [2.05, 4.69) is 44.3 Å². The van der Waals surface area contributed by atoms with Crippen LogP contribution in [0.5, 0.6) is 46.0 Å². The first kappa shape index (κ1) is 58.8. The van der Waals surface area contributed by atoms with Gasteiger partial charge in [-0.2, -0.15) is 0 Å². The topological polar surface area (TPSA) is 179 Å². The lowest BCUT2D eigenvalue weighted by Crippen LogP contribution is -2.45. The largest absolute Gasteiger partial charge is 0.496 e. The maximum atomic E-state index is 16.5. The van der Waals surface area contributed by atoms with Gasteiger partial charge < -0.3 is 68.1 Å². The molecule has 2 unspecified atom stereocenters. The highest BCUT2D eigenvalue weighted by Crippen LogP contribution is 2.44. The lowest BCUT2D eigenvalue weighted by Gasteiger charge is -2.35. The highest BCUT2D eigenvalue weighted by Gasteiger charge is 2.36. The first-order valence-corrected chi connectivity index (χ1v) is 28.0. The fraction of sp³-hybridized carbons (Fsp3) is 0.323. The number of carbonyl (C=O) groups excluding carboxylic acids is 2. The molecule has 2 N–H and O–H groups in total. The van der Waals surface area contributed by atoms with E-state index in [1.807, 2.05) is 36.4 Å². The van der Waals surface area contributed by atoms with Gasteiger partial charge in [-0.25, -0.2) is 8.42 Å². The number of rotatable bonds is 22. The zero-order chi connectivity index (χ0) is 57.8. The number of nitrogens with zero attached hydrogens (tertiary/aromatic N) is 4. The summed E-state index contributed by atoms with van der Waals surface area (Å²) in [5.74, 6) is 2.06. The number of methoxy groups -OCH3 is 8. The van der Waals surface area contributed by atoms with Gasteiger partial charge >= 0.3 is 0 Å². The molecule has 81 heavy (non-hydrogen) atoms. The lowest BCUT2D eigenvalue weighted by molar-refractivity contribution is 0.101. The first-order valence-electron chi connectivity index (χ1n) is 26.4. The molecule has 2 heterocycles. The van der Waals surface area contributed by atoms with Crippen molar-refractivity contribution in [3.63, 3.8) is 0 Å². The molecule has 2 fully saturated rings. The van der Waals surface area contributed by atoms with Crippen LogP contribution in [0.3, 0.4) is 0 Å². The molecule has 2 saturated heterocycles. The number of ether oxygens (including phenoxy) is 8. The van der Waals surface area contributed by atoms with Crippen molar-refractivity contribution >= 4 is 56.6 Å². The van der Waals surface area contributed by atoms with Gasteiger partial charge in [0, 0.05) is 88.0 Å². The van der Waals surface area contributed by atoms with Crippen LogP contribution in [0.25, 0.3) is 12.2 Å². The monoisotopic (exact) mass is 1120 g/mol. The second kappa shape index (κ2) is 26.7. The Bertz CT molecular complexity index is 3110. The molecule has 2 aliphatic heterocycles. The fourth-order valence-corrected chi connectivity index (χ4v) is 12.1. The van der Waals surface area contributed by atoms with Gasteiger partial charge in [-0.3, -0.25) is 9.59 Å². The molecule has 0 radical (unpaired) electrons. The number of benzene rings is 6. The van der Waals surface area contributed by atoms with Gasteiger partial charge in [0.2, 0.25) is 0 Å². The molecular weight excluding hydrogens is 1050 g/mol. The van der Waals surface area contributed by atoms with Crippen LogP contribution < -0.4 is 58.3 Å². The second-order valence-electron chi connectivity index (χ2n) is 19.5. The Labute approximate surface area is 475 Å². The summed E-state index contributed by atoms with van der Waals surface area (Å²) in [5, 5.41) is 3.17. The summed E-state index contributed by atoms with van der Waals surface area (Å²) in [4.78, 5) is 38.0. The maximum absolute atomic E-state index is 16.5. The number of hydrogen-bond acceptors (Lipinski definition) is 16. The number of nitrogens with one attached hydrogen (secondary N) is 2. The molecule has 0 spiro atoms. The number of amides is 2. The van der Waals surface area contributed by atoms with Crippen molar-refractivity contribution in [3.8, 4) is 46.0 Å². The van der Waals surface area contributed by atoms with Crippen LogP contribution in [0, 0.1) is 0 Å². The number of likely N-dealkylation sites (N-methyl/N-ethyl adjacent to an activating group) is 2. The average molecular weight is 1130 g/mol. The molecule has 18 nitrogen and oxygen atoms in total. The third kappa shape index (κ3) is 13.3. The highest BCUT2D eigenvalue weighted by atomic mass is 32.2. The number of anilines is 4. The van der Waals surface area contributed by atoms with Gasteiger partial charge in [-0.1, -0.05) is 48.6 Å². The summed E-state index contributed by atoms with van der Waals surface area (Å²) in [6.45, 7) is 6.26. The van der Waals surface area contributed by atoms with E-state index < -0.39 is 32.2 Å². The van der Waals surface area contributed by atoms with E-state index in [9.17, 15) is 9.59 Å². The Hall–Kier alpha value is -8.39. The van der Waals surface area contributed by atoms with Gasteiger partial charge in [0.05, 0.1) is 90.5 Å². The van der Waals surface area contributed by atoms with Crippen LogP contribution >= 0.6 is 0 Å². The van der Waals surface area contributed by atoms with E-state index in [1.54, 1.807) is 97.1 Å². The van der Waals surface area contributed by atoms with E-state index in [4.69, 9.17) is 37.9 Å². The van der Waals surface area contributed by atoms with Gasteiger partial charge in [0.25, 0.3) is 11.8 Å². The normalized spacial score (nSPS) is 15.0. The van der Waals surface area contributed by atoms with E-state index in [0.717, 1.165) is 63.7 Å². The SMILES string of the molecule is COc1cc(OC)c(/C=C/C(c2ccc(OC)c(NC(=O)c3ccccc3N3CCN(C)CC3)c2)S(=O)(=O)C(/C=C/c2c(OC)cc(OC)cc2OC)c2ccc(OC)c(NC(=O)c3ccccc3N3CCN(C)CC3)c2)c(OC)c1. The number of carbonyl (C=O) groups is 2. The minimum absolute atomic E-state index is 0.229. The van der Waals surface area contributed by atoms with Crippen LogP contribution in [0.1, 0.15) is 53.5 Å². The zero-order valence-corrected chi connectivity index (χ0v) is 48.4. The molecule has 2 aliphatic rings. The van der Waals surface area contributed by atoms with Gasteiger partial charge in [-0.05, 0) is 85.9 Å². The molecular formula is C62H72N6O12S. The highest BCUT2D eigenvalue weighted by molar-refractivity contribution is 7.92. The third-order valence-electron chi connectivity index (χ3n) is 14.7. The molecule has 0 aromatic heterocycles. The van der Waals surface area contributed by atoms with Crippen molar-refractivity contribution in [1.29, 1.82) is 0 Å². The van der Waals surface area contributed by atoms with Crippen LogP contribution in [0.15, 0.2) is 121 Å². The van der Waals surface area contributed by atoms with Crippen LogP contribution in [0.4, 0.5) is 22.7 Å². The Morgan fingerprint density at radius 3 is 1.10 bits per heavy atom. The molecule has 6 aromatic carbocycles. The van der Waals surface area contributed by atoms with E-state index in [-0.39, 0.29) is 22.5 Å². The molecule has 2 amide bonds. The summed E-state index contributed by atoms with van der Waals surface area (Å²) in [6, 6.07) is 31.3. The van der Waals surface area contributed by atoms with E-state index in [0.29, 0.717) is 68.2 Å². The third-order valence-corrected chi connectivity index (χ3v) is 16.9. The summed E-state index contributed by atoms with van der Waals surface area (Å²) in [7, 11) is 11.5. The Morgan fingerprint density at radius 2 is 0.778 bits per heavy atom. The Kier molecular flexibility index (Phi) is 19.4. The van der Waals surface area contributed by atoms with Crippen molar-refractivity contribution in [2.24, 2.45) is 0 Å². The number of sulfone groups is 1. The molecule has 0 saturated carbocycles. The maximum Gasteiger partial charge on any atom is 0.257 e. The molecule has 2 atom stereocenters. The van der Waals surface area contributed by atoms with E-state index >= 15 is 8.42 Å². The molecule has 8 rings (SSSR count). The minimum Gasteiger partial charge on any atom is -0.496 e.